The number of fused-ring (bicyclic) bond motifs is 1. The van der Waals surface area contributed by atoms with Crippen molar-refractivity contribution in [3.63, 3.8) is 0 Å². The normalized spacial score (nSPS) is 30.8. The van der Waals surface area contributed by atoms with Crippen LogP contribution in [0.15, 0.2) is 12.2 Å². The Morgan fingerprint density at radius 1 is 1.12 bits per heavy atom. The van der Waals surface area contributed by atoms with Crippen molar-refractivity contribution in [2.45, 2.75) is 71.4 Å². The van der Waals surface area contributed by atoms with E-state index < -0.39 is 6.04 Å². The zero-order valence-corrected chi connectivity index (χ0v) is 15.6. The van der Waals surface area contributed by atoms with Crippen LogP contribution >= 0.6 is 0 Å². The minimum atomic E-state index is -0.633. The molecule has 0 aromatic heterocycles. The van der Waals surface area contributed by atoms with Crippen LogP contribution in [0, 0.1) is 17.8 Å². The SMILES string of the molecule is CC(C)CC(C(=O)N1CCCCC1C)N1C(=O)C2CC=CCC2C1=O. The first-order chi connectivity index (χ1) is 11.9. The summed E-state index contributed by atoms with van der Waals surface area (Å²) in [6.45, 7) is 6.89. The molecule has 138 valence electrons. The van der Waals surface area contributed by atoms with Crippen molar-refractivity contribution in [2.75, 3.05) is 6.54 Å². The zero-order chi connectivity index (χ0) is 18.1. The molecule has 5 heteroatoms. The number of likely N-dealkylation sites (tertiary alicyclic amines) is 2. The molecular formula is C20H30N2O3. The summed E-state index contributed by atoms with van der Waals surface area (Å²) in [5.41, 5.74) is 0. The van der Waals surface area contributed by atoms with Crippen LogP contribution in [0.1, 0.15) is 59.3 Å². The molecule has 3 rings (SSSR count). The molecule has 2 fully saturated rings. The number of nitrogens with zero attached hydrogens (tertiary/aromatic N) is 2. The Morgan fingerprint density at radius 2 is 1.72 bits per heavy atom. The van der Waals surface area contributed by atoms with Gasteiger partial charge < -0.3 is 4.90 Å². The average molecular weight is 346 g/mol. The minimum Gasteiger partial charge on any atom is -0.338 e. The van der Waals surface area contributed by atoms with E-state index in [9.17, 15) is 14.4 Å². The number of carbonyl (C=O) groups is 3. The Hall–Kier alpha value is -1.65. The largest absolute Gasteiger partial charge is 0.338 e. The van der Waals surface area contributed by atoms with Gasteiger partial charge in [0.05, 0.1) is 11.8 Å². The molecule has 0 bridgehead atoms. The van der Waals surface area contributed by atoms with Gasteiger partial charge in [-0.1, -0.05) is 26.0 Å². The standard InChI is InChI=1S/C20H30N2O3/c1-13(2)12-17(20(25)21-11-7-6-8-14(21)3)22-18(23)15-9-4-5-10-16(15)19(22)24/h4-5,13-17H,6-12H2,1-3H3. The van der Waals surface area contributed by atoms with Gasteiger partial charge >= 0.3 is 0 Å². The van der Waals surface area contributed by atoms with Crippen LogP contribution in [0.3, 0.4) is 0 Å². The highest BCUT2D eigenvalue weighted by Crippen LogP contribution is 2.37. The van der Waals surface area contributed by atoms with E-state index in [1.807, 2.05) is 30.9 Å². The number of amides is 3. The van der Waals surface area contributed by atoms with Crippen molar-refractivity contribution in [1.82, 2.24) is 9.80 Å². The van der Waals surface area contributed by atoms with E-state index >= 15 is 0 Å². The number of allylic oxidation sites excluding steroid dienone is 2. The van der Waals surface area contributed by atoms with Gasteiger partial charge in [0.2, 0.25) is 17.7 Å². The summed E-state index contributed by atoms with van der Waals surface area (Å²) in [5, 5.41) is 0. The van der Waals surface area contributed by atoms with Crippen molar-refractivity contribution in [2.24, 2.45) is 17.8 Å². The van der Waals surface area contributed by atoms with Crippen LogP contribution in [0.4, 0.5) is 0 Å². The van der Waals surface area contributed by atoms with Crippen molar-refractivity contribution >= 4 is 17.7 Å². The molecule has 0 aromatic carbocycles. The van der Waals surface area contributed by atoms with Gasteiger partial charge in [-0.25, -0.2) is 0 Å². The lowest BCUT2D eigenvalue weighted by atomic mass is 9.85. The lowest BCUT2D eigenvalue weighted by Crippen LogP contribution is -2.55. The summed E-state index contributed by atoms with van der Waals surface area (Å²) in [6, 6.07) is -0.446. The number of hydrogen-bond acceptors (Lipinski definition) is 3. The Morgan fingerprint density at radius 3 is 2.24 bits per heavy atom. The predicted molar refractivity (Wildman–Crippen MR) is 95.5 cm³/mol. The molecule has 0 radical (unpaired) electrons. The first-order valence-electron chi connectivity index (χ1n) is 9.74. The second-order valence-corrected chi connectivity index (χ2v) is 8.22. The fourth-order valence-corrected chi connectivity index (χ4v) is 4.51. The number of carbonyl (C=O) groups excluding carboxylic acids is 3. The minimum absolute atomic E-state index is 0.0331. The maximum Gasteiger partial charge on any atom is 0.246 e. The summed E-state index contributed by atoms with van der Waals surface area (Å²) in [5.74, 6) is -0.590. The van der Waals surface area contributed by atoms with Gasteiger partial charge in [-0.3, -0.25) is 19.3 Å². The Labute approximate surface area is 150 Å². The molecule has 4 atom stereocenters. The van der Waals surface area contributed by atoms with E-state index in [0.717, 1.165) is 25.8 Å². The van der Waals surface area contributed by atoms with E-state index in [2.05, 4.69) is 6.92 Å². The smallest absolute Gasteiger partial charge is 0.246 e. The van der Waals surface area contributed by atoms with Crippen molar-refractivity contribution in [3.8, 4) is 0 Å². The first-order valence-corrected chi connectivity index (χ1v) is 9.74. The van der Waals surface area contributed by atoms with Gasteiger partial charge in [-0.15, -0.1) is 0 Å². The molecule has 0 saturated carbocycles. The van der Waals surface area contributed by atoms with Crippen molar-refractivity contribution in [1.29, 1.82) is 0 Å². The van der Waals surface area contributed by atoms with Crippen LogP contribution in [0.5, 0.6) is 0 Å². The fourth-order valence-electron chi connectivity index (χ4n) is 4.51. The third-order valence-electron chi connectivity index (χ3n) is 5.92. The van der Waals surface area contributed by atoms with Gasteiger partial charge in [0.1, 0.15) is 6.04 Å². The summed E-state index contributed by atoms with van der Waals surface area (Å²) in [7, 11) is 0. The van der Waals surface area contributed by atoms with Gasteiger partial charge in [-0.2, -0.15) is 0 Å². The van der Waals surface area contributed by atoms with E-state index in [1.165, 1.54) is 4.90 Å². The zero-order valence-electron chi connectivity index (χ0n) is 15.6. The molecule has 2 heterocycles. The number of hydrogen-bond donors (Lipinski definition) is 0. The van der Waals surface area contributed by atoms with Crippen LogP contribution in [0.25, 0.3) is 0 Å². The Balaban J connectivity index is 1.86. The predicted octanol–water partition coefficient (Wildman–Crippen LogP) is 2.75. The third kappa shape index (κ3) is 3.38. The molecule has 2 aliphatic heterocycles. The maximum absolute atomic E-state index is 13.3. The maximum atomic E-state index is 13.3. The topological polar surface area (TPSA) is 57.7 Å². The average Bonchev–Trinajstić information content (AvgIpc) is 2.84. The highest BCUT2D eigenvalue weighted by atomic mass is 16.2. The molecule has 3 aliphatic rings. The van der Waals surface area contributed by atoms with E-state index in [-0.39, 0.29) is 41.5 Å². The number of imide groups is 1. The lowest BCUT2D eigenvalue weighted by Gasteiger charge is -2.38. The second kappa shape index (κ2) is 7.30. The number of rotatable bonds is 4. The molecule has 0 spiro atoms. The van der Waals surface area contributed by atoms with E-state index in [0.29, 0.717) is 19.3 Å². The molecule has 2 saturated heterocycles. The summed E-state index contributed by atoms with van der Waals surface area (Å²) >= 11 is 0. The molecular weight excluding hydrogens is 316 g/mol. The molecule has 5 nitrogen and oxygen atoms in total. The molecule has 4 unspecified atom stereocenters. The summed E-state index contributed by atoms with van der Waals surface area (Å²) in [6.07, 6.45) is 8.90. The van der Waals surface area contributed by atoms with Gasteiger partial charge in [0, 0.05) is 12.6 Å². The number of piperidine rings is 1. The highest BCUT2D eigenvalue weighted by Gasteiger charge is 2.51. The monoisotopic (exact) mass is 346 g/mol. The molecule has 25 heavy (non-hydrogen) atoms. The van der Waals surface area contributed by atoms with Crippen molar-refractivity contribution in [3.05, 3.63) is 12.2 Å². The molecule has 0 N–H and O–H groups in total. The van der Waals surface area contributed by atoms with E-state index in [1.54, 1.807) is 0 Å². The molecule has 1 aliphatic carbocycles. The van der Waals surface area contributed by atoms with E-state index in [4.69, 9.17) is 0 Å². The lowest BCUT2D eigenvalue weighted by molar-refractivity contribution is -0.154. The van der Waals surface area contributed by atoms with Crippen LogP contribution in [-0.4, -0.2) is 46.1 Å². The van der Waals surface area contributed by atoms with Crippen molar-refractivity contribution < 1.29 is 14.4 Å². The summed E-state index contributed by atoms with van der Waals surface area (Å²) in [4.78, 5) is 42.4. The molecule has 0 aromatic rings. The van der Waals surface area contributed by atoms with Crippen LogP contribution < -0.4 is 0 Å². The fraction of sp³-hybridized carbons (Fsp3) is 0.750. The Bertz CT molecular complexity index is 557. The highest BCUT2D eigenvalue weighted by molar-refractivity contribution is 6.08. The molecule has 3 amide bonds. The van der Waals surface area contributed by atoms with Gasteiger partial charge in [0.25, 0.3) is 0 Å². The third-order valence-corrected chi connectivity index (χ3v) is 5.92. The van der Waals surface area contributed by atoms with Crippen LogP contribution in [0.2, 0.25) is 0 Å². The van der Waals surface area contributed by atoms with Gasteiger partial charge in [-0.05, 0) is 51.4 Å². The first kappa shape index (κ1) is 18.2. The Kier molecular flexibility index (Phi) is 5.30. The quantitative estimate of drug-likeness (QED) is 0.581. The second-order valence-electron chi connectivity index (χ2n) is 8.22. The summed E-state index contributed by atoms with van der Waals surface area (Å²) < 4.78 is 0. The van der Waals surface area contributed by atoms with Gasteiger partial charge in [0.15, 0.2) is 0 Å². The van der Waals surface area contributed by atoms with Crippen LogP contribution in [-0.2, 0) is 14.4 Å².